The molecule has 9 heteroatoms. The van der Waals surface area contributed by atoms with E-state index in [1.807, 2.05) is 37.2 Å². The second-order valence-corrected chi connectivity index (χ2v) is 8.50. The fourth-order valence-electron chi connectivity index (χ4n) is 4.45. The van der Waals surface area contributed by atoms with E-state index >= 15 is 0 Å². The predicted octanol–water partition coefficient (Wildman–Crippen LogP) is 4.50. The number of halogens is 4. The van der Waals surface area contributed by atoms with Crippen LogP contribution in [-0.4, -0.2) is 36.7 Å². The number of hydrogen-bond acceptors (Lipinski definition) is 5. The Bertz CT molecular complexity index is 948. The molecule has 0 saturated heterocycles. The molecule has 1 atom stereocenters. The van der Waals surface area contributed by atoms with E-state index in [1.165, 1.54) is 12.1 Å². The standard InChI is InChI=1S/C23H29F2N5.2ClH/c1-30(2)22-18-5-3-4-6-21(18)28-23(26,29-22)16-8-10-17(11-9-16)27-14-15-7-12-19(24)20(25)13-15;;/h3-7,12-13,16-17,27-28H,8-11,14,26H2,1-2H3;2*1H. The number of hydrogen-bond donors (Lipinski definition) is 3. The number of amidine groups is 1. The molecule has 1 saturated carbocycles. The lowest BCUT2D eigenvalue weighted by Gasteiger charge is -2.43. The van der Waals surface area contributed by atoms with E-state index in [1.54, 1.807) is 6.07 Å². The van der Waals surface area contributed by atoms with Crippen molar-refractivity contribution in [3.05, 3.63) is 65.2 Å². The van der Waals surface area contributed by atoms with Crippen LogP contribution in [0.5, 0.6) is 0 Å². The van der Waals surface area contributed by atoms with E-state index < -0.39 is 17.4 Å². The zero-order valence-corrected chi connectivity index (χ0v) is 19.9. The molecule has 5 nitrogen and oxygen atoms in total. The third-order valence-electron chi connectivity index (χ3n) is 6.15. The molecule has 1 unspecified atom stereocenters. The molecule has 4 rings (SSSR count). The Morgan fingerprint density at radius 2 is 1.75 bits per heavy atom. The molecule has 2 aromatic rings. The van der Waals surface area contributed by atoms with Gasteiger partial charge < -0.3 is 15.5 Å². The topological polar surface area (TPSA) is 65.7 Å². The first kappa shape index (κ1) is 26.3. The number of anilines is 1. The number of para-hydroxylation sites is 1. The van der Waals surface area contributed by atoms with Gasteiger partial charge >= 0.3 is 0 Å². The zero-order chi connectivity index (χ0) is 21.3. The van der Waals surface area contributed by atoms with Crippen molar-refractivity contribution < 1.29 is 8.78 Å². The normalized spacial score (nSPS) is 24.2. The van der Waals surface area contributed by atoms with Crippen molar-refractivity contribution in [3.63, 3.8) is 0 Å². The molecule has 32 heavy (non-hydrogen) atoms. The van der Waals surface area contributed by atoms with Crippen LogP contribution in [-0.2, 0) is 6.54 Å². The highest BCUT2D eigenvalue weighted by Gasteiger charge is 2.40. The van der Waals surface area contributed by atoms with Crippen LogP contribution in [0.1, 0.15) is 36.8 Å². The Morgan fingerprint density at radius 3 is 2.41 bits per heavy atom. The molecular formula is C23H31Cl2F2N5. The van der Waals surface area contributed by atoms with Crippen molar-refractivity contribution in [2.24, 2.45) is 16.6 Å². The molecule has 1 heterocycles. The fraction of sp³-hybridized carbons (Fsp3) is 0.435. The van der Waals surface area contributed by atoms with Crippen LogP contribution in [0.15, 0.2) is 47.5 Å². The third kappa shape index (κ3) is 5.52. The summed E-state index contributed by atoms with van der Waals surface area (Å²) in [5, 5.41) is 6.95. The Morgan fingerprint density at radius 1 is 1.06 bits per heavy atom. The SMILES string of the molecule is CN(C)C1=NC(N)(C2CCC(NCc3ccc(F)c(F)c3)CC2)Nc2ccccc21.Cl.Cl. The zero-order valence-electron chi connectivity index (χ0n) is 18.3. The van der Waals surface area contributed by atoms with Gasteiger partial charge in [0.1, 0.15) is 5.84 Å². The summed E-state index contributed by atoms with van der Waals surface area (Å²) >= 11 is 0. The van der Waals surface area contributed by atoms with Gasteiger partial charge in [-0.05, 0) is 55.5 Å². The van der Waals surface area contributed by atoms with Crippen molar-refractivity contribution in [2.45, 2.75) is 44.1 Å². The summed E-state index contributed by atoms with van der Waals surface area (Å²) in [5.41, 5.74) is 9.61. The van der Waals surface area contributed by atoms with Gasteiger partial charge in [0.25, 0.3) is 0 Å². The number of rotatable bonds is 4. The second kappa shape index (κ2) is 10.8. The highest BCUT2D eigenvalue weighted by molar-refractivity contribution is 6.05. The van der Waals surface area contributed by atoms with Crippen molar-refractivity contribution >= 4 is 36.3 Å². The molecular weight excluding hydrogens is 455 g/mol. The Labute approximate surface area is 200 Å². The first-order valence-electron chi connectivity index (χ1n) is 10.5. The minimum absolute atomic E-state index is 0. The van der Waals surface area contributed by atoms with E-state index in [-0.39, 0.29) is 30.7 Å². The highest BCUT2D eigenvalue weighted by Crippen LogP contribution is 2.37. The summed E-state index contributed by atoms with van der Waals surface area (Å²) in [4.78, 5) is 6.94. The number of aliphatic imine (C=N–C) groups is 1. The minimum atomic E-state index is -0.834. The van der Waals surface area contributed by atoms with Gasteiger partial charge in [0.2, 0.25) is 0 Å². The number of nitrogens with two attached hydrogens (primary N) is 1. The first-order valence-corrected chi connectivity index (χ1v) is 10.5. The summed E-state index contributed by atoms with van der Waals surface area (Å²) in [6.07, 6.45) is 3.80. The van der Waals surface area contributed by atoms with E-state index in [0.717, 1.165) is 48.3 Å². The molecule has 1 fully saturated rings. The maximum atomic E-state index is 13.4. The van der Waals surface area contributed by atoms with Crippen LogP contribution in [0.2, 0.25) is 0 Å². The van der Waals surface area contributed by atoms with Gasteiger partial charge in [0, 0.05) is 43.9 Å². The van der Waals surface area contributed by atoms with Crippen LogP contribution in [0.4, 0.5) is 14.5 Å². The van der Waals surface area contributed by atoms with Crippen LogP contribution in [0, 0.1) is 17.6 Å². The largest absolute Gasteiger partial charge is 0.362 e. The van der Waals surface area contributed by atoms with Crippen LogP contribution in [0.3, 0.4) is 0 Å². The lowest BCUT2D eigenvalue weighted by Crippen LogP contribution is -2.57. The lowest BCUT2D eigenvalue weighted by atomic mass is 9.81. The fourth-order valence-corrected chi connectivity index (χ4v) is 4.45. The predicted molar refractivity (Wildman–Crippen MR) is 131 cm³/mol. The van der Waals surface area contributed by atoms with Crippen LogP contribution in [0.25, 0.3) is 0 Å². The Balaban J connectivity index is 0.00000181. The van der Waals surface area contributed by atoms with Gasteiger partial charge in [-0.15, -0.1) is 24.8 Å². The maximum absolute atomic E-state index is 13.4. The van der Waals surface area contributed by atoms with Crippen LogP contribution >= 0.6 is 24.8 Å². The van der Waals surface area contributed by atoms with Gasteiger partial charge in [-0.25, -0.2) is 13.8 Å². The highest BCUT2D eigenvalue weighted by atomic mass is 35.5. The molecule has 0 aromatic heterocycles. The number of fused-ring (bicyclic) bond motifs is 1. The monoisotopic (exact) mass is 485 g/mol. The van der Waals surface area contributed by atoms with Gasteiger partial charge in [-0.1, -0.05) is 18.2 Å². The lowest BCUT2D eigenvalue weighted by molar-refractivity contribution is 0.206. The van der Waals surface area contributed by atoms with Crippen molar-refractivity contribution in [1.82, 2.24) is 10.2 Å². The molecule has 4 N–H and O–H groups in total. The van der Waals surface area contributed by atoms with Gasteiger partial charge in [0.15, 0.2) is 17.4 Å². The summed E-state index contributed by atoms with van der Waals surface area (Å²) in [7, 11) is 3.97. The summed E-state index contributed by atoms with van der Waals surface area (Å²) in [5.74, 6) is -1.35. The quantitative estimate of drug-likeness (QED) is 0.596. The van der Waals surface area contributed by atoms with E-state index in [2.05, 4.69) is 16.7 Å². The number of nitrogens with zero attached hydrogens (tertiary/aromatic N) is 2. The third-order valence-corrected chi connectivity index (χ3v) is 6.15. The molecule has 2 aromatic carbocycles. The molecule has 0 spiro atoms. The van der Waals surface area contributed by atoms with Crippen molar-refractivity contribution in [2.75, 3.05) is 19.4 Å². The second-order valence-electron chi connectivity index (χ2n) is 8.50. The van der Waals surface area contributed by atoms with E-state index in [9.17, 15) is 8.78 Å². The summed E-state index contributed by atoms with van der Waals surface area (Å²) < 4.78 is 26.5. The maximum Gasteiger partial charge on any atom is 0.187 e. The van der Waals surface area contributed by atoms with Crippen LogP contribution < -0.4 is 16.4 Å². The van der Waals surface area contributed by atoms with Gasteiger partial charge in [-0.2, -0.15) is 0 Å². The molecule has 1 aliphatic heterocycles. The molecule has 0 bridgehead atoms. The van der Waals surface area contributed by atoms with Gasteiger partial charge in [-0.3, -0.25) is 5.73 Å². The van der Waals surface area contributed by atoms with Gasteiger partial charge in [0.05, 0.1) is 0 Å². The summed E-state index contributed by atoms with van der Waals surface area (Å²) in [6, 6.07) is 12.5. The Hall–Kier alpha value is -1.93. The summed E-state index contributed by atoms with van der Waals surface area (Å²) in [6.45, 7) is 0.523. The molecule has 176 valence electrons. The molecule has 1 aliphatic carbocycles. The van der Waals surface area contributed by atoms with Crippen molar-refractivity contribution in [1.29, 1.82) is 0 Å². The minimum Gasteiger partial charge on any atom is -0.362 e. The molecule has 2 aliphatic rings. The Kier molecular flexibility index (Phi) is 8.88. The van der Waals surface area contributed by atoms with Crippen molar-refractivity contribution in [3.8, 4) is 0 Å². The number of nitrogens with one attached hydrogen (secondary N) is 2. The van der Waals surface area contributed by atoms with E-state index in [4.69, 9.17) is 10.7 Å². The average molecular weight is 486 g/mol. The average Bonchev–Trinajstić information content (AvgIpc) is 2.74. The first-order chi connectivity index (χ1) is 14.4. The molecule has 0 radical (unpaired) electrons. The van der Waals surface area contributed by atoms with E-state index in [0.29, 0.717) is 12.6 Å². The smallest absolute Gasteiger partial charge is 0.187 e. The number of benzene rings is 2. The molecule has 0 amide bonds.